The molecule has 128 valence electrons. The molecular weight excluding hydrogens is 323 g/mol. The maximum atomic E-state index is 14.3. The van der Waals surface area contributed by atoms with Gasteiger partial charge < -0.3 is 15.2 Å². The lowest BCUT2D eigenvalue weighted by Crippen LogP contribution is -2.37. The number of fused-ring (bicyclic) bond motifs is 1. The number of hydrogen-bond acceptors (Lipinski definition) is 5. The highest BCUT2D eigenvalue weighted by molar-refractivity contribution is 5.97. The van der Waals surface area contributed by atoms with Crippen molar-refractivity contribution in [2.45, 2.75) is 19.4 Å². The summed E-state index contributed by atoms with van der Waals surface area (Å²) in [5.74, 6) is 0.531. The highest BCUT2D eigenvalue weighted by Gasteiger charge is 2.26. The van der Waals surface area contributed by atoms with Gasteiger partial charge in [-0.05, 0) is 25.5 Å². The number of rotatable bonds is 3. The summed E-state index contributed by atoms with van der Waals surface area (Å²) >= 11 is 0. The minimum Gasteiger partial charge on any atom is -0.354 e. The average molecular weight is 340 g/mol. The van der Waals surface area contributed by atoms with Crippen LogP contribution in [-0.4, -0.2) is 45.0 Å². The Morgan fingerprint density at radius 2 is 2.32 bits per heavy atom. The van der Waals surface area contributed by atoms with Gasteiger partial charge in [0.1, 0.15) is 23.8 Å². The Labute approximate surface area is 143 Å². The Morgan fingerprint density at radius 3 is 3.12 bits per heavy atom. The summed E-state index contributed by atoms with van der Waals surface area (Å²) in [7, 11) is 0. The van der Waals surface area contributed by atoms with E-state index in [1.54, 1.807) is 13.1 Å². The van der Waals surface area contributed by atoms with E-state index in [-0.39, 0.29) is 11.6 Å². The number of imidazole rings is 1. The van der Waals surface area contributed by atoms with Gasteiger partial charge in [-0.1, -0.05) is 0 Å². The Balaban J connectivity index is 1.48. The van der Waals surface area contributed by atoms with Crippen LogP contribution >= 0.6 is 0 Å². The lowest BCUT2D eigenvalue weighted by atomic mass is 10.1. The van der Waals surface area contributed by atoms with Crippen LogP contribution in [0.1, 0.15) is 22.6 Å². The third-order valence-corrected chi connectivity index (χ3v) is 4.35. The van der Waals surface area contributed by atoms with Crippen molar-refractivity contribution in [3.05, 3.63) is 47.9 Å². The summed E-state index contributed by atoms with van der Waals surface area (Å²) in [4.78, 5) is 29.9. The van der Waals surface area contributed by atoms with Crippen LogP contribution in [0.2, 0.25) is 0 Å². The molecule has 0 unspecified atom stereocenters. The summed E-state index contributed by atoms with van der Waals surface area (Å²) in [5, 5.41) is 2.91. The van der Waals surface area contributed by atoms with Gasteiger partial charge in [-0.3, -0.25) is 4.79 Å². The second-order valence-corrected chi connectivity index (χ2v) is 6.14. The number of amides is 1. The number of aryl methyl sites for hydroxylation is 1. The van der Waals surface area contributed by atoms with Gasteiger partial charge in [0.15, 0.2) is 0 Å². The highest BCUT2D eigenvalue weighted by atomic mass is 19.1. The number of carbonyl (C=O) groups is 1. The smallest absolute Gasteiger partial charge is 0.254 e. The molecule has 1 fully saturated rings. The molecule has 0 saturated carbocycles. The van der Waals surface area contributed by atoms with Crippen molar-refractivity contribution in [2.24, 2.45) is 0 Å². The molecule has 8 heteroatoms. The summed E-state index contributed by atoms with van der Waals surface area (Å²) in [5.41, 5.74) is 1.18. The lowest BCUT2D eigenvalue weighted by molar-refractivity contribution is 0.0936. The predicted molar refractivity (Wildman–Crippen MR) is 90.9 cm³/mol. The van der Waals surface area contributed by atoms with E-state index in [2.05, 4.69) is 30.2 Å². The van der Waals surface area contributed by atoms with Crippen molar-refractivity contribution < 1.29 is 9.18 Å². The fourth-order valence-corrected chi connectivity index (χ4v) is 3.15. The molecule has 1 aromatic carbocycles. The van der Waals surface area contributed by atoms with E-state index in [0.717, 1.165) is 18.8 Å². The molecule has 3 heterocycles. The molecule has 7 nitrogen and oxygen atoms in total. The molecular formula is C17H17FN6O. The van der Waals surface area contributed by atoms with Crippen LogP contribution in [-0.2, 0) is 0 Å². The van der Waals surface area contributed by atoms with Gasteiger partial charge in [-0.2, -0.15) is 0 Å². The Hall–Kier alpha value is -3.03. The van der Waals surface area contributed by atoms with Crippen LogP contribution in [0, 0.1) is 12.7 Å². The SMILES string of the molecule is Cc1nc2cc(C(=O)N[C@H]3CCN(c4ccncn4)C3)c(F)cc2[nH]1. The number of hydrogen-bond donors (Lipinski definition) is 2. The lowest BCUT2D eigenvalue weighted by Gasteiger charge is -2.17. The Kier molecular flexibility index (Phi) is 3.79. The Bertz CT molecular complexity index is 926. The first-order chi connectivity index (χ1) is 12.1. The van der Waals surface area contributed by atoms with Crippen molar-refractivity contribution in [2.75, 3.05) is 18.0 Å². The number of benzene rings is 1. The van der Waals surface area contributed by atoms with Crippen LogP contribution in [0.25, 0.3) is 11.0 Å². The van der Waals surface area contributed by atoms with Gasteiger partial charge in [-0.15, -0.1) is 0 Å². The number of halogens is 1. The number of anilines is 1. The van der Waals surface area contributed by atoms with Gasteiger partial charge in [0.2, 0.25) is 0 Å². The predicted octanol–water partition coefficient (Wildman–Crippen LogP) is 1.81. The van der Waals surface area contributed by atoms with Crippen LogP contribution in [0.4, 0.5) is 10.2 Å². The van der Waals surface area contributed by atoms with Gasteiger partial charge in [0.05, 0.1) is 16.6 Å². The van der Waals surface area contributed by atoms with E-state index in [9.17, 15) is 9.18 Å². The first-order valence-corrected chi connectivity index (χ1v) is 8.08. The molecule has 2 aromatic heterocycles. The maximum absolute atomic E-state index is 14.3. The second-order valence-electron chi connectivity index (χ2n) is 6.14. The molecule has 0 aliphatic carbocycles. The molecule has 1 amide bonds. The zero-order valence-electron chi connectivity index (χ0n) is 13.7. The molecule has 1 saturated heterocycles. The number of nitrogens with one attached hydrogen (secondary N) is 2. The summed E-state index contributed by atoms with van der Waals surface area (Å²) in [6.07, 6.45) is 3.96. The summed E-state index contributed by atoms with van der Waals surface area (Å²) < 4.78 is 14.3. The fourth-order valence-electron chi connectivity index (χ4n) is 3.15. The van der Waals surface area contributed by atoms with E-state index in [0.29, 0.717) is 23.4 Å². The molecule has 1 aliphatic rings. The van der Waals surface area contributed by atoms with Crippen LogP contribution in [0.3, 0.4) is 0 Å². The zero-order chi connectivity index (χ0) is 17.4. The van der Waals surface area contributed by atoms with Gasteiger partial charge in [0.25, 0.3) is 5.91 Å². The van der Waals surface area contributed by atoms with Gasteiger partial charge >= 0.3 is 0 Å². The molecule has 25 heavy (non-hydrogen) atoms. The monoisotopic (exact) mass is 340 g/mol. The quantitative estimate of drug-likeness (QED) is 0.759. The third-order valence-electron chi connectivity index (χ3n) is 4.35. The number of H-pyrrole nitrogens is 1. The molecule has 0 radical (unpaired) electrons. The second kappa shape index (κ2) is 6.12. The highest BCUT2D eigenvalue weighted by Crippen LogP contribution is 2.20. The minimum absolute atomic E-state index is 0.0134. The van der Waals surface area contributed by atoms with E-state index in [1.807, 2.05) is 6.07 Å². The first kappa shape index (κ1) is 15.5. The molecule has 1 atom stereocenters. The minimum atomic E-state index is -0.556. The van der Waals surface area contributed by atoms with E-state index < -0.39 is 11.7 Å². The van der Waals surface area contributed by atoms with Crippen LogP contribution < -0.4 is 10.2 Å². The van der Waals surface area contributed by atoms with Crippen LogP contribution in [0.5, 0.6) is 0 Å². The van der Waals surface area contributed by atoms with Crippen molar-refractivity contribution >= 4 is 22.8 Å². The standard InChI is InChI=1S/C17H17FN6O/c1-10-21-14-6-12(13(18)7-15(14)22-10)17(25)23-11-3-5-24(8-11)16-2-4-19-9-20-16/h2,4,6-7,9,11H,3,5,8H2,1H3,(H,21,22)(H,23,25)/t11-/m0/s1. The fraction of sp³-hybridized carbons (Fsp3) is 0.294. The molecule has 1 aliphatic heterocycles. The van der Waals surface area contributed by atoms with Gasteiger partial charge in [0, 0.05) is 31.4 Å². The number of aromatic amines is 1. The topological polar surface area (TPSA) is 86.8 Å². The van der Waals surface area contributed by atoms with Crippen molar-refractivity contribution in [1.29, 1.82) is 0 Å². The maximum Gasteiger partial charge on any atom is 0.254 e. The molecule has 4 rings (SSSR count). The van der Waals surface area contributed by atoms with Gasteiger partial charge in [-0.25, -0.2) is 19.3 Å². The van der Waals surface area contributed by atoms with E-state index in [4.69, 9.17) is 0 Å². The third kappa shape index (κ3) is 3.02. The molecule has 2 N–H and O–H groups in total. The number of aromatic nitrogens is 4. The van der Waals surface area contributed by atoms with Crippen molar-refractivity contribution in [3.63, 3.8) is 0 Å². The summed E-state index contributed by atoms with van der Waals surface area (Å²) in [6, 6.07) is 4.57. The largest absolute Gasteiger partial charge is 0.354 e. The number of carbonyl (C=O) groups excluding carboxylic acids is 1. The average Bonchev–Trinajstić information content (AvgIpc) is 3.20. The van der Waals surface area contributed by atoms with Crippen LogP contribution in [0.15, 0.2) is 30.7 Å². The molecule has 3 aromatic rings. The number of nitrogens with zero attached hydrogens (tertiary/aromatic N) is 4. The normalized spacial score (nSPS) is 17.2. The van der Waals surface area contributed by atoms with Crippen molar-refractivity contribution in [1.82, 2.24) is 25.3 Å². The summed E-state index contributed by atoms with van der Waals surface area (Å²) in [6.45, 7) is 3.20. The zero-order valence-corrected chi connectivity index (χ0v) is 13.7. The molecule has 0 spiro atoms. The van der Waals surface area contributed by atoms with Crippen molar-refractivity contribution in [3.8, 4) is 0 Å². The Morgan fingerprint density at radius 1 is 1.44 bits per heavy atom. The van der Waals surface area contributed by atoms with E-state index in [1.165, 1.54) is 18.5 Å². The first-order valence-electron chi connectivity index (χ1n) is 8.08. The van der Waals surface area contributed by atoms with E-state index >= 15 is 0 Å². The molecule has 0 bridgehead atoms.